The van der Waals surface area contributed by atoms with Crippen molar-refractivity contribution in [1.82, 2.24) is 10.2 Å². The first-order valence-electron chi connectivity index (χ1n) is 8.28. The molecule has 1 aliphatic heterocycles. The van der Waals surface area contributed by atoms with Crippen molar-refractivity contribution in [2.45, 2.75) is 6.17 Å². The largest absolute Gasteiger partial charge is 0.504 e. The number of phenols is 1. The Hall–Kier alpha value is -2.74. The van der Waals surface area contributed by atoms with Crippen molar-refractivity contribution in [3.63, 3.8) is 0 Å². The average molecular weight is 434 g/mol. The molecule has 2 aromatic rings. The van der Waals surface area contributed by atoms with E-state index in [2.05, 4.69) is 21.2 Å². The minimum atomic E-state index is -0.684. The maximum absolute atomic E-state index is 12.9. The number of likely N-dealkylation sites (N-methyl/N-ethyl adjacent to an activating group) is 1. The molecule has 8 heteroatoms. The first-order valence-corrected chi connectivity index (χ1v) is 9.08. The van der Waals surface area contributed by atoms with Crippen LogP contribution in [0, 0.1) is 0 Å². The number of amides is 2. The van der Waals surface area contributed by atoms with Gasteiger partial charge in [-0.25, -0.2) is 0 Å². The summed E-state index contributed by atoms with van der Waals surface area (Å²) in [4.78, 5) is 28.4. The lowest BCUT2D eigenvalue weighted by atomic mass is 10.0. The Morgan fingerprint density at radius 3 is 2.70 bits per heavy atom. The first kappa shape index (κ1) is 19.0. The van der Waals surface area contributed by atoms with E-state index in [1.165, 1.54) is 12.0 Å². The van der Waals surface area contributed by atoms with Crippen molar-refractivity contribution in [3.05, 3.63) is 52.0 Å². The molecule has 0 unspecified atom stereocenters. The monoisotopic (exact) mass is 433 g/mol. The van der Waals surface area contributed by atoms with Gasteiger partial charge in [0.15, 0.2) is 11.5 Å². The number of rotatable bonds is 4. The fourth-order valence-electron chi connectivity index (χ4n) is 3.28. The standard InChI is InChI=1S/C19H20BrN3O4/c1-21-16(24)10-23-14-7-5-4-6-12(14)19(26)22(2)18(23)13-8-11(20)9-15(27-3)17(13)25/h4-9,18,25H,10H2,1-3H3,(H,21,24)/t18-/m1/s1. The summed E-state index contributed by atoms with van der Waals surface area (Å²) in [5.74, 6) is -0.202. The minimum absolute atomic E-state index is 0.0179. The molecule has 1 aliphatic rings. The van der Waals surface area contributed by atoms with Gasteiger partial charge in [-0.15, -0.1) is 0 Å². The van der Waals surface area contributed by atoms with Gasteiger partial charge in [0.2, 0.25) is 5.91 Å². The molecule has 0 bridgehead atoms. The molecule has 0 fully saturated rings. The number of methoxy groups -OCH3 is 1. The van der Waals surface area contributed by atoms with E-state index < -0.39 is 6.17 Å². The van der Waals surface area contributed by atoms with E-state index >= 15 is 0 Å². The molecule has 0 spiro atoms. The molecule has 142 valence electrons. The van der Waals surface area contributed by atoms with Gasteiger partial charge in [0.25, 0.3) is 5.91 Å². The van der Waals surface area contributed by atoms with Crippen LogP contribution in [-0.2, 0) is 4.79 Å². The summed E-state index contributed by atoms with van der Waals surface area (Å²) in [5, 5.41) is 13.3. The molecule has 0 saturated heterocycles. The number of nitrogens with one attached hydrogen (secondary N) is 1. The lowest BCUT2D eigenvalue weighted by Gasteiger charge is -2.44. The highest BCUT2D eigenvalue weighted by molar-refractivity contribution is 9.10. The van der Waals surface area contributed by atoms with Crippen LogP contribution in [0.2, 0.25) is 0 Å². The Morgan fingerprint density at radius 2 is 2.04 bits per heavy atom. The smallest absolute Gasteiger partial charge is 0.257 e. The van der Waals surface area contributed by atoms with Gasteiger partial charge in [-0.2, -0.15) is 0 Å². The van der Waals surface area contributed by atoms with E-state index in [-0.39, 0.29) is 29.9 Å². The highest BCUT2D eigenvalue weighted by Gasteiger charge is 2.39. The van der Waals surface area contributed by atoms with E-state index in [4.69, 9.17) is 4.74 Å². The molecule has 1 heterocycles. The Morgan fingerprint density at radius 1 is 1.33 bits per heavy atom. The van der Waals surface area contributed by atoms with Gasteiger partial charge in [-0.05, 0) is 24.3 Å². The van der Waals surface area contributed by atoms with Gasteiger partial charge in [0, 0.05) is 24.1 Å². The van der Waals surface area contributed by atoms with Crippen molar-refractivity contribution in [1.29, 1.82) is 0 Å². The van der Waals surface area contributed by atoms with Crippen molar-refractivity contribution < 1.29 is 19.4 Å². The van der Waals surface area contributed by atoms with Crippen LogP contribution in [0.25, 0.3) is 0 Å². The molecule has 2 amide bonds. The fraction of sp³-hybridized carbons (Fsp3) is 0.263. The molecular formula is C19H20BrN3O4. The van der Waals surface area contributed by atoms with Crippen LogP contribution in [0.1, 0.15) is 22.1 Å². The SMILES string of the molecule is CNC(=O)CN1c2ccccc2C(=O)N(C)[C@H]1c1cc(Br)cc(OC)c1O. The average Bonchev–Trinajstić information content (AvgIpc) is 2.67. The molecule has 27 heavy (non-hydrogen) atoms. The number of fused-ring (bicyclic) bond motifs is 1. The van der Waals surface area contributed by atoms with Crippen LogP contribution in [-0.4, -0.2) is 49.6 Å². The Labute approximate surface area is 165 Å². The number of para-hydroxylation sites is 1. The van der Waals surface area contributed by atoms with E-state index in [1.807, 2.05) is 6.07 Å². The minimum Gasteiger partial charge on any atom is -0.504 e. The molecule has 2 aromatic carbocycles. The number of phenolic OH excluding ortho intramolecular Hbond substituents is 1. The summed E-state index contributed by atoms with van der Waals surface area (Å²) in [6.07, 6.45) is -0.684. The molecular weight excluding hydrogens is 414 g/mol. The van der Waals surface area contributed by atoms with Crippen LogP contribution in [0.4, 0.5) is 5.69 Å². The van der Waals surface area contributed by atoms with Crippen LogP contribution in [0.15, 0.2) is 40.9 Å². The van der Waals surface area contributed by atoms with E-state index in [9.17, 15) is 14.7 Å². The number of carbonyl (C=O) groups is 2. The summed E-state index contributed by atoms with van der Waals surface area (Å²) in [6, 6.07) is 10.5. The lowest BCUT2D eigenvalue weighted by molar-refractivity contribution is -0.119. The Kier molecular flexibility index (Phi) is 5.27. The van der Waals surface area contributed by atoms with Gasteiger partial charge in [-0.1, -0.05) is 28.1 Å². The molecule has 0 saturated carbocycles. The van der Waals surface area contributed by atoms with Crippen LogP contribution >= 0.6 is 15.9 Å². The molecule has 0 aromatic heterocycles. The fourth-order valence-corrected chi connectivity index (χ4v) is 3.73. The third-order valence-corrected chi connectivity index (χ3v) is 5.04. The maximum atomic E-state index is 12.9. The number of carbonyl (C=O) groups excluding carboxylic acids is 2. The predicted octanol–water partition coefficient (Wildman–Crippen LogP) is 2.50. The van der Waals surface area contributed by atoms with Crippen molar-refractivity contribution in [2.75, 3.05) is 32.6 Å². The second-order valence-corrected chi connectivity index (χ2v) is 7.07. The van der Waals surface area contributed by atoms with E-state index in [0.717, 1.165) is 0 Å². The number of halogens is 1. The molecule has 1 atom stereocenters. The first-order chi connectivity index (χ1) is 12.9. The number of hydrogen-bond donors (Lipinski definition) is 2. The van der Waals surface area contributed by atoms with Gasteiger partial charge >= 0.3 is 0 Å². The van der Waals surface area contributed by atoms with Gasteiger partial charge in [0.05, 0.1) is 24.9 Å². The van der Waals surface area contributed by atoms with Crippen LogP contribution in [0.3, 0.4) is 0 Å². The molecule has 7 nitrogen and oxygen atoms in total. The topological polar surface area (TPSA) is 82.1 Å². The zero-order chi connectivity index (χ0) is 19.7. The van der Waals surface area contributed by atoms with E-state index in [0.29, 0.717) is 21.3 Å². The van der Waals surface area contributed by atoms with Gasteiger partial charge < -0.3 is 25.0 Å². The van der Waals surface area contributed by atoms with E-state index in [1.54, 1.807) is 49.3 Å². The summed E-state index contributed by atoms with van der Waals surface area (Å²) in [6.45, 7) is 0.0179. The van der Waals surface area contributed by atoms with Crippen molar-refractivity contribution in [3.8, 4) is 11.5 Å². The lowest BCUT2D eigenvalue weighted by Crippen LogP contribution is -2.50. The second kappa shape index (κ2) is 7.48. The number of anilines is 1. The number of ether oxygens (including phenoxy) is 1. The van der Waals surface area contributed by atoms with Crippen LogP contribution in [0.5, 0.6) is 11.5 Å². The van der Waals surface area contributed by atoms with Gasteiger partial charge in [0.1, 0.15) is 6.17 Å². The van der Waals surface area contributed by atoms with Gasteiger partial charge in [-0.3, -0.25) is 9.59 Å². The Bertz CT molecular complexity index is 903. The second-order valence-electron chi connectivity index (χ2n) is 6.15. The zero-order valence-corrected chi connectivity index (χ0v) is 16.8. The van der Waals surface area contributed by atoms with Crippen molar-refractivity contribution in [2.24, 2.45) is 0 Å². The maximum Gasteiger partial charge on any atom is 0.257 e. The molecule has 2 N–H and O–H groups in total. The summed E-state index contributed by atoms with van der Waals surface area (Å²) < 4.78 is 5.93. The zero-order valence-electron chi connectivity index (χ0n) is 15.2. The van der Waals surface area contributed by atoms with Crippen molar-refractivity contribution >= 4 is 33.4 Å². The number of nitrogens with zero attached hydrogens (tertiary/aromatic N) is 2. The molecule has 3 rings (SSSR count). The Balaban J connectivity index is 2.22. The normalized spacial score (nSPS) is 16.1. The highest BCUT2D eigenvalue weighted by Crippen LogP contribution is 2.44. The third kappa shape index (κ3) is 3.32. The number of aromatic hydroxyl groups is 1. The third-order valence-electron chi connectivity index (χ3n) is 4.59. The number of benzene rings is 2. The quantitative estimate of drug-likeness (QED) is 0.773. The van der Waals surface area contributed by atoms with Crippen LogP contribution < -0.4 is 15.0 Å². The molecule has 0 aliphatic carbocycles. The summed E-state index contributed by atoms with van der Waals surface area (Å²) in [5.41, 5.74) is 1.59. The summed E-state index contributed by atoms with van der Waals surface area (Å²) >= 11 is 3.41. The molecule has 0 radical (unpaired) electrons. The summed E-state index contributed by atoms with van der Waals surface area (Å²) in [7, 11) is 4.66. The predicted molar refractivity (Wildman–Crippen MR) is 105 cm³/mol. The highest BCUT2D eigenvalue weighted by atomic mass is 79.9. The number of hydrogen-bond acceptors (Lipinski definition) is 5.